The second-order valence-electron chi connectivity index (χ2n) is 5.61. The number of ether oxygens (including phenoxy) is 2. The molecule has 2 aromatic carbocycles. The number of rotatable bonds is 5. The SMILES string of the molecule is CCc1ccc(/C=C2/N=C(c3ccc(OC)c(OC)c3)NC2=O)cc1. The molecule has 1 N–H and O–H groups in total. The normalized spacial score (nSPS) is 15.1. The van der Waals surface area contributed by atoms with E-state index in [9.17, 15) is 4.79 Å². The van der Waals surface area contributed by atoms with Crippen molar-refractivity contribution in [1.29, 1.82) is 0 Å². The van der Waals surface area contributed by atoms with E-state index in [4.69, 9.17) is 9.47 Å². The van der Waals surface area contributed by atoms with Crippen LogP contribution >= 0.6 is 0 Å². The summed E-state index contributed by atoms with van der Waals surface area (Å²) in [7, 11) is 3.15. The van der Waals surface area contributed by atoms with Crippen LogP contribution in [-0.4, -0.2) is 26.0 Å². The maximum atomic E-state index is 12.2. The Morgan fingerprint density at radius 2 is 1.76 bits per heavy atom. The van der Waals surface area contributed by atoms with Crippen LogP contribution in [0.25, 0.3) is 6.08 Å². The Morgan fingerprint density at radius 3 is 2.40 bits per heavy atom. The number of methoxy groups -OCH3 is 2. The second-order valence-corrected chi connectivity index (χ2v) is 5.61. The van der Waals surface area contributed by atoms with Gasteiger partial charge >= 0.3 is 0 Å². The summed E-state index contributed by atoms with van der Waals surface area (Å²) >= 11 is 0. The lowest BCUT2D eigenvalue weighted by atomic mass is 10.1. The minimum Gasteiger partial charge on any atom is -0.493 e. The molecule has 2 aromatic rings. The Morgan fingerprint density at radius 1 is 1.04 bits per heavy atom. The Kier molecular flexibility index (Phi) is 4.84. The fraction of sp³-hybridized carbons (Fsp3) is 0.200. The third-order valence-corrected chi connectivity index (χ3v) is 4.05. The first-order chi connectivity index (χ1) is 12.1. The molecule has 1 heterocycles. The van der Waals surface area contributed by atoms with E-state index in [1.165, 1.54) is 5.56 Å². The van der Waals surface area contributed by atoms with Gasteiger partial charge < -0.3 is 14.8 Å². The molecule has 1 aliphatic rings. The van der Waals surface area contributed by atoms with Crippen LogP contribution < -0.4 is 14.8 Å². The van der Waals surface area contributed by atoms with Gasteiger partial charge in [-0.05, 0) is 41.8 Å². The maximum absolute atomic E-state index is 12.2. The quantitative estimate of drug-likeness (QED) is 0.853. The molecule has 1 aliphatic heterocycles. The van der Waals surface area contributed by atoms with E-state index in [1.54, 1.807) is 32.4 Å². The van der Waals surface area contributed by atoms with Gasteiger partial charge in [0.2, 0.25) is 0 Å². The van der Waals surface area contributed by atoms with E-state index in [1.807, 2.05) is 18.2 Å². The summed E-state index contributed by atoms with van der Waals surface area (Å²) in [5.74, 6) is 1.50. The molecule has 0 spiro atoms. The highest BCUT2D eigenvalue weighted by atomic mass is 16.5. The molecule has 0 aromatic heterocycles. The molecule has 3 rings (SSSR count). The average molecular weight is 336 g/mol. The van der Waals surface area contributed by atoms with Gasteiger partial charge in [-0.15, -0.1) is 0 Å². The third kappa shape index (κ3) is 3.55. The minimum atomic E-state index is -0.218. The molecule has 1 amide bonds. The van der Waals surface area contributed by atoms with Crippen molar-refractivity contribution in [1.82, 2.24) is 5.32 Å². The Hall–Kier alpha value is -3.08. The number of carbonyl (C=O) groups is 1. The van der Waals surface area contributed by atoms with Gasteiger partial charge in [-0.1, -0.05) is 31.2 Å². The van der Waals surface area contributed by atoms with Crippen molar-refractivity contribution in [3.05, 3.63) is 64.9 Å². The number of benzene rings is 2. The first-order valence-electron chi connectivity index (χ1n) is 8.07. The first-order valence-corrected chi connectivity index (χ1v) is 8.07. The Bertz CT molecular complexity index is 852. The number of amidine groups is 1. The number of aryl methyl sites for hydroxylation is 1. The van der Waals surface area contributed by atoms with Gasteiger partial charge in [0.15, 0.2) is 11.5 Å². The van der Waals surface area contributed by atoms with Crippen molar-refractivity contribution in [3.8, 4) is 11.5 Å². The largest absolute Gasteiger partial charge is 0.493 e. The standard InChI is InChI=1S/C20H20N2O3/c1-4-13-5-7-14(8-6-13)11-16-20(23)22-19(21-16)15-9-10-17(24-2)18(12-15)25-3/h5-12H,4H2,1-3H3,(H,21,22,23)/b16-11+. The number of carbonyl (C=O) groups excluding carboxylic acids is 1. The van der Waals surface area contributed by atoms with Crippen molar-refractivity contribution in [3.63, 3.8) is 0 Å². The van der Waals surface area contributed by atoms with Gasteiger partial charge in [0.1, 0.15) is 11.5 Å². The molecule has 0 aliphatic carbocycles. The van der Waals surface area contributed by atoms with Gasteiger partial charge in [0, 0.05) is 5.56 Å². The number of nitrogens with zero attached hydrogens (tertiary/aromatic N) is 1. The average Bonchev–Trinajstić information content (AvgIpc) is 3.02. The molecule has 0 saturated carbocycles. The molecule has 0 bridgehead atoms. The highest BCUT2D eigenvalue weighted by Gasteiger charge is 2.22. The van der Waals surface area contributed by atoms with E-state index in [2.05, 4.69) is 29.4 Å². The molecule has 0 radical (unpaired) electrons. The fourth-order valence-electron chi connectivity index (χ4n) is 2.60. The summed E-state index contributed by atoms with van der Waals surface area (Å²) in [6.07, 6.45) is 2.77. The topological polar surface area (TPSA) is 59.9 Å². The van der Waals surface area contributed by atoms with Gasteiger partial charge in [-0.3, -0.25) is 4.79 Å². The molecule has 0 unspecified atom stereocenters. The van der Waals surface area contributed by atoms with Crippen LogP contribution in [0.3, 0.4) is 0 Å². The number of nitrogens with one attached hydrogen (secondary N) is 1. The van der Waals surface area contributed by atoms with Gasteiger partial charge in [-0.25, -0.2) is 4.99 Å². The van der Waals surface area contributed by atoms with Crippen molar-refractivity contribution < 1.29 is 14.3 Å². The van der Waals surface area contributed by atoms with Crippen LogP contribution in [-0.2, 0) is 11.2 Å². The zero-order valence-electron chi connectivity index (χ0n) is 14.5. The molecule has 0 fully saturated rings. The maximum Gasteiger partial charge on any atom is 0.275 e. The Balaban J connectivity index is 1.90. The van der Waals surface area contributed by atoms with E-state index in [0.29, 0.717) is 23.0 Å². The van der Waals surface area contributed by atoms with Crippen LogP contribution in [0.15, 0.2) is 53.2 Å². The number of hydrogen-bond acceptors (Lipinski definition) is 4. The monoisotopic (exact) mass is 336 g/mol. The molecular weight excluding hydrogens is 316 g/mol. The molecule has 0 atom stereocenters. The zero-order chi connectivity index (χ0) is 17.8. The van der Waals surface area contributed by atoms with Crippen molar-refractivity contribution in [2.45, 2.75) is 13.3 Å². The zero-order valence-corrected chi connectivity index (χ0v) is 14.5. The highest BCUT2D eigenvalue weighted by molar-refractivity contribution is 6.19. The molecule has 5 heteroatoms. The number of aliphatic imine (C=N–C) groups is 1. The van der Waals surface area contributed by atoms with Crippen molar-refractivity contribution >= 4 is 17.8 Å². The van der Waals surface area contributed by atoms with Gasteiger partial charge in [0.05, 0.1) is 14.2 Å². The minimum absolute atomic E-state index is 0.218. The van der Waals surface area contributed by atoms with Crippen molar-refractivity contribution in [2.75, 3.05) is 14.2 Å². The van der Waals surface area contributed by atoms with Gasteiger partial charge in [0.25, 0.3) is 5.91 Å². The third-order valence-electron chi connectivity index (χ3n) is 4.05. The molecule has 128 valence electrons. The summed E-state index contributed by atoms with van der Waals surface area (Å²) in [5, 5.41) is 2.80. The number of hydrogen-bond donors (Lipinski definition) is 1. The summed E-state index contributed by atoms with van der Waals surface area (Å²) < 4.78 is 10.5. The van der Waals surface area contributed by atoms with Crippen molar-refractivity contribution in [2.24, 2.45) is 4.99 Å². The predicted octanol–water partition coefficient (Wildman–Crippen LogP) is 3.18. The predicted molar refractivity (Wildman–Crippen MR) is 98.0 cm³/mol. The smallest absolute Gasteiger partial charge is 0.275 e. The van der Waals surface area contributed by atoms with E-state index >= 15 is 0 Å². The first kappa shape index (κ1) is 16.8. The van der Waals surface area contributed by atoms with Crippen LogP contribution in [0.5, 0.6) is 11.5 Å². The van der Waals surface area contributed by atoms with E-state index in [0.717, 1.165) is 17.5 Å². The molecule has 0 saturated heterocycles. The van der Waals surface area contributed by atoms with Gasteiger partial charge in [-0.2, -0.15) is 0 Å². The molecule has 25 heavy (non-hydrogen) atoms. The lowest BCUT2D eigenvalue weighted by Crippen LogP contribution is -2.24. The summed E-state index contributed by atoms with van der Waals surface area (Å²) in [4.78, 5) is 16.6. The number of amides is 1. The van der Waals surface area contributed by atoms with Crippen LogP contribution in [0.1, 0.15) is 23.6 Å². The van der Waals surface area contributed by atoms with Crippen LogP contribution in [0.4, 0.5) is 0 Å². The second kappa shape index (κ2) is 7.21. The van der Waals surface area contributed by atoms with E-state index in [-0.39, 0.29) is 5.91 Å². The molecule has 5 nitrogen and oxygen atoms in total. The highest BCUT2D eigenvalue weighted by Crippen LogP contribution is 2.28. The van der Waals surface area contributed by atoms with Crippen LogP contribution in [0.2, 0.25) is 0 Å². The lowest BCUT2D eigenvalue weighted by Gasteiger charge is -2.09. The summed E-state index contributed by atoms with van der Waals surface area (Å²) in [5.41, 5.74) is 3.34. The van der Waals surface area contributed by atoms with Crippen LogP contribution in [0, 0.1) is 0 Å². The molecular formula is C20H20N2O3. The van der Waals surface area contributed by atoms with E-state index < -0.39 is 0 Å². The summed E-state index contributed by atoms with van der Waals surface area (Å²) in [6.45, 7) is 2.11. The fourth-order valence-corrected chi connectivity index (χ4v) is 2.60. The lowest BCUT2D eigenvalue weighted by molar-refractivity contribution is -0.115. The summed E-state index contributed by atoms with van der Waals surface area (Å²) in [6, 6.07) is 13.5. The Labute approximate surface area is 147 Å².